The molecule has 3 nitrogen and oxygen atoms in total. The second-order valence-electron chi connectivity index (χ2n) is 7.64. The second-order valence-corrected chi connectivity index (χ2v) is 8.51. The van der Waals surface area contributed by atoms with Crippen LogP contribution in [0.25, 0.3) is 22.3 Å². The summed E-state index contributed by atoms with van der Waals surface area (Å²) in [7, 11) is 0. The van der Waals surface area contributed by atoms with Gasteiger partial charge in [-0.1, -0.05) is 71.7 Å². The zero-order chi connectivity index (χ0) is 22.2. The average molecular weight is 458 g/mol. The topological polar surface area (TPSA) is 37.4 Å². The van der Waals surface area contributed by atoms with Crippen LogP contribution in [0.5, 0.6) is 0 Å². The lowest BCUT2D eigenvalue weighted by molar-refractivity contribution is 0.0642. The van der Waals surface area contributed by atoms with Gasteiger partial charge in [0.1, 0.15) is 0 Å². The lowest BCUT2D eigenvalue weighted by atomic mass is 9.92. The quantitative estimate of drug-likeness (QED) is 0.305. The first kappa shape index (κ1) is 20.5. The van der Waals surface area contributed by atoms with Crippen molar-refractivity contribution in [1.29, 1.82) is 0 Å². The molecule has 0 saturated heterocycles. The molecule has 0 fully saturated rings. The molecule has 0 atom stereocenters. The van der Waals surface area contributed by atoms with E-state index in [9.17, 15) is 9.59 Å². The Bertz CT molecular complexity index is 1310. The van der Waals surface area contributed by atoms with Gasteiger partial charge in [-0.05, 0) is 70.3 Å². The van der Waals surface area contributed by atoms with Crippen molar-refractivity contribution < 1.29 is 9.59 Å². The Kier molecular flexibility index (Phi) is 5.30. The molecule has 1 aliphatic heterocycles. The summed E-state index contributed by atoms with van der Waals surface area (Å²) < 4.78 is 0. The zero-order valence-corrected chi connectivity index (χ0v) is 18.4. The summed E-state index contributed by atoms with van der Waals surface area (Å²) in [5.74, 6) is -0.527. The van der Waals surface area contributed by atoms with Gasteiger partial charge < -0.3 is 0 Å². The largest absolute Gasteiger partial charge is 0.270 e. The molecule has 4 aromatic carbocycles. The molecule has 156 valence electrons. The van der Waals surface area contributed by atoms with E-state index >= 15 is 0 Å². The van der Waals surface area contributed by atoms with Gasteiger partial charge in [-0.2, -0.15) is 0 Å². The third-order valence-electron chi connectivity index (χ3n) is 5.61. The number of hydrogen-bond acceptors (Lipinski definition) is 2. The van der Waals surface area contributed by atoms with E-state index in [1.165, 1.54) is 4.90 Å². The van der Waals surface area contributed by atoms with Crippen molar-refractivity contribution in [2.24, 2.45) is 0 Å². The van der Waals surface area contributed by atoms with Gasteiger partial charge in [0.2, 0.25) is 0 Å². The summed E-state index contributed by atoms with van der Waals surface area (Å²) in [6.45, 7) is 0.202. The maximum atomic E-state index is 12.8. The Morgan fingerprint density at radius 2 is 1.06 bits per heavy atom. The van der Waals surface area contributed by atoms with Crippen LogP contribution >= 0.6 is 23.2 Å². The maximum absolute atomic E-state index is 12.8. The standard InChI is InChI=1S/C27H17Cl2NO2/c28-20-10-6-18(7-11-20)22-14-5-17(15-25(22)19-8-12-21(29)13-9-19)16-30-26(31)23-3-1-2-4-24(23)27(30)32/h1-15H,16H2. The van der Waals surface area contributed by atoms with Crippen LogP contribution in [0.3, 0.4) is 0 Å². The Morgan fingerprint density at radius 3 is 1.59 bits per heavy atom. The van der Waals surface area contributed by atoms with Gasteiger partial charge in [0.15, 0.2) is 0 Å². The van der Waals surface area contributed by atoms with Crippen LogP contribution in [-0.2, 0) is 6.54 Å². The van der Waals surface area contributed by atoms with Gasteiger partial charge in [0, 0.05) is 10.0 Å². The van der Waals surface area contributed by atoms with Crippen LogP contribution < -0.4 is 0 Å². The minimum Gasteiger partial charge on any atom is -0.270 e. The SMILES string of the molecule is O=C1c2ccccc2C(=O)N1Cc1ccc(-c2ccc(Cl)cc2)c(-c2ccc(Cl)cc2)c1. The zero-order valence-electron chi connectivity index (χ0n) is 16.9. The fourth-order valence-electron chi connectivity index (χ4n) is 4.00. The number of fused-ring (bicyclic) bond motifs is 1. The Morgan fingerprint density at radius 1 is 0.562 bits per heavy atom. The first-order chi connectivity index (χ1) is 15.5. The summed E-state index contributed by atoms with van der Waals surface area (Å²) >= 11 is 12.2. The van der Waals surface area contributed by atoms with Crippen LogP contribution in [-0.4, -0.2) is 16.7 Å². The van der Waals surface area contributed by atoms with Crippen molar-refractivity contribution in [2.45, 2.75) is 6.54 Å². The predicted octanol–water partition coefficient (Wildman–Crippen LogP) is 7.12. The minimum absolute atomic E-state index is 0.202. The number of carbonyl (C=O) groups is 2. The monoisotopic (exact) mass is 457 g/mol. The molecule has 0 saturated carbocycles. The molecule has 0 spiro atoms. The van der Waals surface area contributed by atoms with Gasteiger partial charge >= 0.3 is 0 Å². The molecule has 0 N–H and O–H groups in total. The Hall–Kier alpha value is -3.40. The number of amides is 2. The van der Waals surface area contributed by atoms with Crippen molar-refractivity contribution in [3.63, 3.8) is 0 Å². The molecule has 1 aliphatic rings. The first-order valence-corrected chi connectivity index (χ1v) is 10.9. The molecular formula is C27H17Cl2NO2. The highest BCUT2D eigenvalue weighted by atomic mass is 35.5. The fourth-order valence-corrected chi connectivity index (χ4v) is 4.26. The molecule has 2 amide bonds. The number of hydrogen-bond donors (Lipinski definition) is 0. The van der Waals surface area contributed by atoms with E-state index in [0.29, 0.717) is 21.2 Å². The van der Waals surface area contributed by atoms with E-state index in [-0.39, 0.29) is 18.4 Å². The Balaban J connectivity index is 1.55. The van der Waals surface area contributed by atoms with Gasteiger partial charge in [-0.3, -0.25) is 14.5 Å². The summed E-state index contributed by atoms with van der Waals surface area (Å²) in [6, 6.07) is 28.2. The number of nitrogens with zero attached hydrogens (tertiary/aromatic N) is 1. The normalized spacial score (nSPS) is 12.9. The average Bonchev–Trinajstić information content (AvgIpc) is 3.05. The summed E-state index contributed by atoms with van der Waals surface area (Å²) in [5.41, 5.74) is 5.78. The minimum atomic E-state index is -0.263. The van der Waals surface area contributed by atoms with Crippen LogP contribution in [0.2, 0.25) is 10.0 Å². The molecule has 1 heterocycles. The number of imide groups is 1. The number of carbonyl (C=O) groups excluding carboxylic acids is 2. The molecule has 0 bridgehead atoms. The highest BCUT2D eigenvalue weighted by Crippen LogP contribution is 2.35. The van der Waals surface area contributed by atoms with Gasteiger partial charge in [0.25, 0.3) is 11.8 Å². The number of benzene rings is 4. The van der Waals surface area contributed by atoms with Gasteiger partial charge in [-0.15, -0.1) is 0 Å². The van der Waals surface area contributed by atoms with Crippen LogP contribution in [0.15, 0.2) is 91.0 Å². The molecular weight excluding hydrogens is 441 g/mol. The van der Waals surface area contributed by atoms with Crippen LogP contribution in [0.4, 0.5) is 0 Å². The van der Waals surface area contributed by atoms with E-state index in [4.69, 9.17) is 23.2 Å². The van der Waals surface area contributed by atoms with Crippen molar-refractivity contribution in [1.82, 2.24) is 4.90 Å². The Labute approximate surface area is 195 Å². The molecule has 0 unspecified atom stereocenters. The lowest BCUT2D eigenvalue weighted by Crippen LogP contribution is -2.29. The van der Waals surface area contributed by atoms with Crippen molar-refractivity contribution in [2.75, 3.05) is 0 Å². The molecule has 0 aliphatic carbocycles. The molecule has 5 rings (SSSR count). The third-order valence-corrected chi connectivity index (χ3v) is 6.12. The van der Waals surface area contributed by atoms with E-state index in [1.807, 2.05) is 66.7 Å². The molecule has 32 heavy (non-hydrogen) atoms. The van der Waals surface area contributed by atoms with Crippen molar-refractivity contribution >= 4 is 35.0 Å². The molecule has 0 radical (unpaired) electrons. The number of halogens is 2. The van der Waals surface area contributed by atoms with Crippen LogP contribution in [0, 0.1) is 0 Å². The van der Waals surface area contributed by atoms with Crippen LogP contribution in [0.1, 0.15) is 26.3 Å². The third kappa shape index (κ3) is 3.70. The van der Waals surface area contributed by atoms with E-state index in [2.05, 4.69) is 0 Å². The van der Waals surface area contributed by atoms with Gasteiger partial charge in [0.05, 0.1) is 17.7 Å². The summed E-state index contributed by atoms with van der Waals surface area (Å²) in [5, 5.41) is 1.33. The molecule has 0 aromatic heterocycles. The second kappa shape index (κ2) is 8.27. The summed E-state index contributed by atoms with van der Waals surface area (Å²) in [6.07, 6.45) is 0. The van der Waals surface area contributed by atoms with E-state index < -0.39 is 0 Å². The van der Waals surface area contributed by atoms with Crippen molar-refractivity contribution in [3.05, 3.63) is 118 Å². The highest BCUT2D eigenvalue weighted by Gasteiger charge is 2.35. The highest BCUT2D eigenvalue weighted by molar-refractivity contribution is 6.31. The summed E-state index contributed by atoms with van der Waals surface area (Å²) in [4.78, 5) is 26.9. The predicted molar refractivity (Wildman–Crippen MR) is 128 cm³/mol. The molecule has 5 heteroatoms. The van der Waals surface area contributed by atoms with Gasteiger partial charge in [-0.25, -0.2) is 0 Å². The smallest absolute Gasteiger partial charge is 0.261 e. The van der Waals surface area contributed by atoms with E-state index in [1.54, 1.807) is 24.3 Å². The van der Waals surface area contributed by atoms with E-state index in [0.717, 1.165) is 27.8 Å². The number of rotatable bonds is 4. The maximum Gasteiger partial charge on any atom is 0.261 e. The van der Waals surface area contributed by atoms with Crippen molar-refractivity contribution in [3.8, 4) is 22.3 Å². The first-order valence-electron chi connectivity index (χ1n) is 10.1. The lowest BCUT2D eigenvalue weighted by Gasteiger charge is -2.17. The molecule has 4 aromatic rings. The fraction of sp³-hybridized carbons (Fsp3) is 0.0370.